The molecule has 0 spiro atoms. The zero-order chi connectivity index (χ0) is 11.8. The van der Waals surface area contributed by atoms with Crippen molar-refractivity contribution in [1.82, 2.24) is 0 Å². The molecule has 0 saturated carbocycles. The van der Waals surface area contributed by atoms with E-state index in [0.29, 0.717) is 5.17 Å². The molecule has 84 valence electrons. The zero-order valence-corrected chi connectivity index (χ0v) is 10.4. The molecule has 0 atom stereocenters. The SMILES string of the molecule is ClN=C(Cl)C1c2ccccc2-c2ccccc21. The summed E-state index contributed by atoms with van der Waals surface area (Å²) < 4.78 is 3.62. The maximum absolute atomic E-state index is 6.15. The second-order valence-corrected chi connectivity index (χ2v) is 4.57. The predicted molar refractivity (Wildman–Crippen MR) is 72.9 cm³/mol. The summed E-state index contributed by atoms with van der Waals surface area (Å²) in [5.74, 6) is -0.0263. The summed E-state index contributed by atoms with van der Waals surface area (Å²) in [6, 6.07) is 16.4. The van der Waals surface area contributed by atoms with Crippen LogP contribution in [0, 0.1) is 0 Å². The van der Waals surface area contributed by atoms with Crippen LogP contribution in [0.1, 0.15) is 17.0 Å². The quantitative estimate of drug-likeness (QED) is 0.666. The van der Waals surface area contributed by atoms with Crippen LogP contribution >= 0.6 is 23.4 Å². The molecule has 3 rings (SSSR count). The average Bonchev–Trinajstić information content (AvgIpc) is 2.72. The number of fused-ring (bicyclic) bond motifs is 3. The van der Waals surface area contributed by atoms with Crippen molar-refractivity contribution in [3.63, 3.8) is 0 Å². The van der Waals surface area contributed by atoms with Gasteiger partial charge in [-0.05, 0) is 22.3 Å². The molecule has 0 N–H and O–H groups in total. The number of hydrogen-bond donors (Lipinski definition) is 0. The van der Waals surface area contributed by atoms with Crippen molar-refractivity contribution in [1.29, 1.82) is 0 Å². The third-order valence-electron chi connectivity index (χ3n) is 3.15. The highest BCUT2D eigenvalue weighted by Crippen LogP contribution is 2.45. The Hall–Kier alpha value is -1.31. The second kappa shape index (κ2) is 4.17. The molecule has 0 bridgehead atoms. The summed E-state index contributed by atoms with van der Waals surface area (Å²) in [6.07, 6.45) is 0. The molecule has 3 heteroatoms. The van der Waals surface area contributed by atoms with E-state index in [-0.39, 0.29) is 5.92 Å². The molecule has 1 nitrogen and oxygen atoms in total. The first-order valence-corrected chi connectivity index (χ1v) is 6.07. The van der Waals surface area contributed by atoms with Gasteiger partial charge in [0.2, 0.25) is 0 Å². The van der Waals surface area contributed by atoms with E-state index in [4.69, 9.17) is 23.4 Å². The lowest BCUT2D eigenvalue weighted by molar-refractivity contribution is 1.15. The van der Waals surface area contributed by atoms with Crippen LogP contribution in [0.15, 0.2) is 53.0 Å². The van der Waals surface area contributed by atoms with E-state index < -0.39 is 0 Å². The Bertz CT molecular complexity index is 559. The molecule has 0 radical (unpaired) electrons. The van der Waals surface area contributed by atoms with Gasteiger partial charge >= 0.3 is 0 Å². The third-order valence-corrected chi connectivity index (χ3v) is 3.72. The van der Waals surface area contributed by atoms with Crippen molar-refractivity contribution in [2.75, 3.05) is 0 Å². The van der Waals surface area contributed by atoms with Gasteiger partial charge in [0, 0.05) is 11.8 Å². The molecule has 0 fully saturated rings. The van der Waals surface area contributed by atoms with Crippen LogP contribution in [0.5, 0.6) is 0 Å². The van der Waals surface area contributed by atoms with E-state index in [1.807, 2.05) is 24.3 Å². The Morgan fingerprint density at radius 3 is 1.82 bits per heavy atom. The normalized spacial score (nSPS) is 14.6. The molecule has 0 amide bonds. The lowest BCUT2D eigenvalue weighted by atomic mass is 9.98. The molecule has 17 heavy (non-hydrogen) atoms. The molecular formula is C14H9Cl2N. The minimum atomic E-state index is -0.0263. The van der Waals surface area contributed by atoms with E-state index in [1.54, 1.807) is 0 Å². The summed E-state index contributed by atoms with van der Waals surface area (Å²) in [4.78, 5) is 0. The second-order valence-electron chi connectivity index (χ2n) is 4.01. The van der Waals surface area contributed by atoms with Crippen LogP contribution in [0.4, 0.5) is 0 Å². The predicted octanol–water partition coefficient (Wildman–Crippen LogP) is 4.59. The summed E-state index contributed by atoms with van der Waals surface area (Å²) in [6.45, 7) is 0. The van der Waals surface area contributed by atoms with Gasteiger partial charge in [-0.3, -0.25) is 0 Å². The zero-order valence-electron chi connectivity index (χ0n) is 8.90. The van der Waals surface area contributed by atoms with Crippen molar-refractivity contribution < 1.29 is 0 Å². The fraction of sp³-hybridized carbons (Fsp3) is 0.0714. The maximum Gasteiger partial charge on any atom is 0.132 e. The molecule has 0 aromatic heterocycles. The van der Waals surface area contributed by atoms with Crippen molar-refractivity contribution in [3.8, 4) is 11.1 Å². The lowest BCUT2D eigenvalue weighted by Crippen LogP contribution is -2.04. The van der Waals surface area contributed by atoms with E-state index in [9.17, 15) is 0 Å². The van der Waals surface area contributed by atoms with E-state index in [0.717, 1.165) is 0 Å². The Balaban J connectivity index is 2.31. The number of benzene rings is 2. The molecule has 0 heterocycles. The minimum absolute atomic E-state index is 0.0263. The van der Waals surface area contributed by atoms with Crippen molar-refractivity contribution in [2.24, 2.45) is 4.51 Å². The molecule has 0 aliphatic heterocycles. The largest absolute Gasteiger partial charge is 0.169 e. The number of rotatable bonds is 1. The van der Waals surface area contributed by atoms with Gasteiger partial charge in [-0.25, -0.2) is 0 Å². The van der Waals surface area contributed by atoms with E-state index in [2.05, 4.69) is 28.8 Å². The topological polar surface area (TPSA) is 12.4 Å². The number of halogens is 2. The molecular weight excluding hydrogens is 253 g/mol. The first-order chi connectivity index (χ1) is 8.33. The molecule has 2 aromatic rings. The van der Waals surface area contributed by atoms with Crippen LogP contribution in [0.25, 0.3) is 11.1 Å². The fourth-order valence-electron chi connectivity index (χ4n) is 2.46. The van der Waals surface area contributed by atoms with Gasteiger partial charge in [-0.15, -0.1) is 0 Å². The first-order valence-electron chi connectivity index (χ1n) is 5.35. The van der Waals surface area contributed by atoms with Gasteiger partial charge in [-0.1, -0.05) is 60.1 Å². The van der Waals surface area contributed by atoms with Crippen LogP contribution < -0.4 is 0 Å². The summed E-state index contributed by atoms with van der Waals surface area (Å²) in [7, 11) is 0. The molecule has 2 aromatic carbocycles. The lowest BCUT2D eigenvalue weighted by Gasteiger charge is -2.09. The van der Waals surface area contributed by atoms with Crippen molar-refractivity contribution in [3.05, 3.63) is 59.7 Å². The van der Waals surface area contributed by atoms with Gasteiger partial charge in [0.05, 0.1) is 5.92 Å². The molecule has 0 saturated heterocycles. The van der Waals surface area contributed by atoms with Crippen LogP contribution in [0.2, 0.25) is 0 Å². The maximum atomic E-state index is 6.15. The molecule has 1 aliphatic carbocycles. The van der Waals surface area contributed by atoms with E-state index >= 15 is 0 Å². The van der Waals surface area contributed by atoms with Gasteiger partial charge < -0.3 is 0 Å². The summed E-state index contributed by atoms with van der Waals surface area (Å²) in [5, 5.41) is 0.420. The minimum Gasteiger partial charge on any atom is -0.169 e. The van der Waals surface area contributed by atoms with Gasteiger partial charge in [0.15, 0.2) is 0 Å². The molecule has 1 aliphatic rings. The highest BCUT2D eigenvalue weighted by Gasteiger charge is 2.30. The smallest absolute Gasteiger partial charge is 0.132 e. The van der Waals surface area contributed by atoms with Gasteiger partial charge in [0.25, 0.3) is 0 Å². The van der Waals surface area contributed by atoms with Gasteiger partial charge in [0.1, 0.15) is 5.17 Å². The number of hydrogen-bond acceptors (Lipinski definition) is 1. The highest BCUT2D eigenvalue weighted by molar-refractivity contribution is 6.68. The van der Waals surface area contributed by atoms with Crippen molar-refractivity contribution >= 4 is 28.5 Å². The monoisotopic (exact) mass is 261 g/mol. The summed E-state index contributed by atoms with van der Waals surface area (Å²) in [5.41, 5.74) is 4.77. The third kappa shape index (κ3) is 1.58. The Labute approximate surface area is 110 Å². The van der Waals surface area contributed by atoms with Crippen LogP contribution in [-0.4, -0.2) is 5.17 Å². The highest BCUT2D eigenvalue weighted by atomic mass is 35.5. The first kappa shape index (κ1) is 10.8. The van der Waals surface area contributed by atoms with Crippen LogP contribution in [0.3, 0.4) is 0 Å². The average molecular weight is 262 g/mol. The summed E-state index contributed by atoms with van der Waals surface area (Å²) >= 11 is 11.7. The standard InChI is InChI=1S/C14H9Cl2N/c15-14(17-16)13-11-7-3-1-5-9(11)10-6-2-4-8-12(10)13/h1-8,13H. The Morgan fingerprint density at radius 2 is 1.35 bits per heavy atom. The Kier molecular flexibility index (Phi) is 2.65. The van der Waals surface area contributed by atoms with Crippen LogP contribution in [-0.2, 0) is 0 Å². The number of nitrogens with zero attached hydrogens (tertiary/aromatic N) is 1. The van der Waals surface area contributed by atoms with E-state index in [1.165, 1.54) is 22.3 Å². The Morgan fingerprint density at radius 1 is 0.882 bits per heavy atom. The fourth-order valence-corrected chi connectivity index (χ4v) is 2.79. The van der Waals surface area contributed by atoms with Gasteiger partial charge in [-0.2, -0.15) is 4.51 Å². The molecule has 0 unspecified atom stereocenters. The van der Waals surface area contributed by atoms with Crippen molar-refractivity contribution in [2.45, 2.75) is 5.92 Å².